The highest BCUT2D eigenvalue weighted by Crippen LogP contribution is 2.28. The van der Waals surface area contributed by atoms with Gasteiger partial charge in [0, 0.05) is 26.1 Å². The fraction of sp³-hybridized carbons (Fsp3) is 1.00. The molecule has 2 heterocycles. The fourth-order valence-corrected chi connectivity index (χ4v) is 3.20. The van der Waals surface area contributed by atoms with Crippen molar-refractivity contribution in [1.29, 1.82) is 0 Å². The Labute approximate surface area is 154 Å². The van der Waals surface area contributed by atoms with E-state index in [1.807, 2.05) is 13.8 Å². The molecule has 2 aliphatic heterocycles. The van der Waals surface area contributed by atoms with Crippen molar-refractivity contribution in [2.45, 2.75) is 76.4 Å². The topological polar surface area (TPSA) is 138 Å². The van der Waals surface area contributed by atoms with Crippen LogP contribution in [0.1, 0.15) is 27.2 Å². The molecule has 2 rings (SSSR count). The van der Waals surface area contributed by atoms with Crippen molar-refractivity contribution < 1.29 is 44.5 Å². The molecule has 10 atom stereocenters. The third-order valence-electron chi connectivity index (χ3n) is 5.17. The van der Waals surface area contributed by atoms with Crippen LogP contribution in [0.2, 0.25) is 0 Å². The van der Waals surface area contributed by atoms with Gasteiger partial charge < -0.3 is 44.5 Å². The number of aliphatic hydroxyl groups is 5. The highest BCUT2D eigenvalue weighted by atomic mass is 16.7. The third kappa shape index (κ3) is 5.34. The third-order valence-corrected chi connectivity index (χ3v) is 5.17. The summed E-state index contributed by atoms with van der Waals surface area (Å²) in [5, 5.41) is 47.0. The maximum absolute atomic E-state index is 9.64. The van der Waals surface area contributed by atoms with E-state index in [-0.39, 0.29) is 24.5 Å². The molecular formula is C17H34O9. The average molecular weight is 382 g/mol. The fourth-order valence-electron chi connectivity index (χ4n) is 3.20. The lowest BCUT2D eigenvalue weighted by Gasteiger charge is -2.40. The van der Waals surface area contributed by atoms with E-state index in [9.17, 15) is 20.4 Å². The van der Waals surface area contributed by atoms with Gasteiger partial charge in [-0.1, -0.05) is 20.8 Å². The minimum atomic E-state index is -1.05. The molecular weight excluding hydrogens is 348 g/mol. The molecule has 9 nitrogen and oxygen atoms in total. The van der Waals surface area contributed by atoms with Gasteiger partial charge in [0.15, 0.2) is 12.6 Å². The van der Waals surface area contributed by atoms with E-state index in [4.69, 9.17) is 24.1 Å². The van der Waals surface area contributed by atoms with Crippen molar-refractivity contribution in [2.24, 2.45) is 11.8 Å². The first kappa shape index (κ1) is 23.7. The number of hydrogen-bond donors (Lipinski definition) is 5. The van der Waals surface area contributed by atoms with Gasteiger partial charge >= 0.3 is 0 Å². The summed E-state index contributed by atoms with van der Waals surface area (Å²) in [6, 6.07) is 0. The second-order valence-electron chi connectivity index (χ2n) is 6.83. The summed E-state index contributed by atoms with van der Waals surface area (Å²) in [5.74, 6) is -0.349. The summed E-state index contributed by atoms with van der Waals surface area (Å²) in [7, 11) is 2.84. The van der Waals surface area contributed by atoms with Gasteiger partial charge in [-0.05, 0) is 6.42 Å². The van der Waals surface area contributed by atoms with Crippen molar-refractivity contribution in [3.8, 4) is 0 Å². The lowest BCUT2D eigenvalue weighted by atomic mass is 9.89. The summed E-state index contributed by atoms with van der Waals surface area (Å²) in [6.45, 7) is 5.37. The van der Waals surface area contributed by atoms with Gasteiger partial charge in [0.25, 0.3) is 0 Å². The normalized spacial score (nSPS) is 46.4. The number of rotatable bonds is 4. The minimum Gasteiger partial charge on any atom is -0.394 e. The molecule has 156 valence electrons. The van der Waals surface area contributed by atoms with Gasteiger partial charge in [-0.2, -0.15) is 0 Å². The highest BCUT2D eigenvalue weighted by molar-refractivity contribution is 4.87. The van der Waals surface area contributed by atoms with E-state index in [0.717, 1.165) is 6.42 Å². The molecule has 0 radical (unpaired) electrons. The predicted octanol–water partition coefficient (Wildman–Crippen LogP) is -1.17. The Bertz CT molecular complexity index is 320. The molecule has 0 aliphatic carbocycles. The van der Waals surface area contributed by atoms with Crippen LogP contribution in [0.4, 0.5) is 0 Å². The minimum absolute atomic E-state index is 0.0386. The molecule has 2 aliphatic rings. The number of hydrogen-bond acceptors (Lipinski definition) is 9. The van der Waals surface area contributed by atoms with Crippen molar-refractivity contribution in [2.75, 3.05) is 20.8 Å². The van der Waals surface area contributed by atoms with Crippen molar-refractivity contribution in [1.82, 2.24) is 0 Å². The number of ether oxygens (including phenoxy) is 4. The highest BCUT2D eigenvalue weighted by Gasteiger charge is 2.42. The smallest absolute Gasteiger partial charge is 0.186 e. The Morgan fingerprint density at radius 3 is 1.46 bits per heavy atom. The van der Waals surface area contributed by atoms with Crippen LogP contribution in [-0.2, 0) is 18.9 Å². The summed E-state index contributed by atoms with van der Waals surface area (Å²) in [4.78, 5) is 0. The molecule has 2 saturated heterocycles. The van der Waals surface area contributed by atoms with E-state index in [2.05, 4.69) is 0 Å². The molecule has 26 heavy (non-hydrogen) atoms. The summed E-state index contributed by atoms with van der Waals surface area (Å²) in [5.41, 5.74) is 0. The maximum Gasteiger partial charge on any atom is 0.186 e. The quantitative estimate of drug-likeness (QED) is 0.407. The summed E-state index contributed by atoms with van der Waals surface area (Å²) in [6.07, 6.45) is -4.94. The molecule has 0 aromatic heterocycles. The van der Waals surface area contributed by atoms with Gasteiger partial charge in [-0.25, -0.2) is 0 Å². The molecule has 0 bridgehead atoms. The van der Waals surface area contributed by atoms with Crippen LogP contribution in [0.3, 0.4) is 0 Å². The molecule has 9 heteroatoms. The van der Waals surface area contributed by atoms with Gasteiger partial charge in [0.2, 0.25) is 0 Å². The van der Waals surface area contributed by atoms with Crippen LogP contribution in [0.25, 0.3) is 0 Å². The molecule has 0 spiro atoms. The second-order valence-corrected chi connectivity index (χ2v) is 6.83. The maximum atomic E-state index is 9.64. The van der Waals surface area contributed by atoms with Gasteiger partial charge in [-0.3, -0.25) is 0 Å². The zero-order valence-corrected chi connectivity index (χ0v) is 16.1. The molecule has 5 N–H and O–H groups in total. The molecule has 2 fully saturated rings. The molecule has 0 amide bonds. The Hall–Kier alpha value is -0.360. The molecule has 0 aromatic rings. The molecule has 10 unspecified atom stereocenters. The zero-order valence-electron chi connectivity index (χ0n) is 16.1. The van der Waals surface area contributed by atoms with Crippen molar-refractivity contribution in [3.05, 3.63) is 0 Å². The van der Waals surface area contributed by atoms with Crippen LogP contribution >= 0.6 is 0 Å². The number of aliphatic hydroxyl groups excluding tert-OH is 5. The Balaban J connectivity index is 0.000000260. The Kier molecular flexibility index (Phi) is 9.87. The first-order valence-electron chi connectivity index (χ1n) is 8.92. The van der Waals surface area contributed by atoms with Gasteiger partial charge in [0.1, 0.15) is 12.2 Å². The predicted molar refractivity (Wildman–Crippen MR) is 91.1 cm³/mol. The van der Waals surface area contributed by atoms with E-state index >= 15 is 0 Å². The standard InChI is InChI=1S/C9H18O4.C8H16O5/c1-4-6-5(2)7(10)8(11)9(12-3)13-6;1-4-5(3-9)13-8(12-2)7(11)6(4)10/h5-11H,4H2,1-3H3;4-11H,3H2,1-2H3. The van der Waals surface area contributed by atoms with Crippen LogP contribution in [-0.4, -0.2) is 95.6 Å². The Morgan fingerprint density at radius 1 is 0.731 bits per heavy atom. The van der Waals surface area contributed by atoms with E-state index in [1.165, 1.54) is 14.2 Å². The van der Waals surface area contributed by atoms with E-state index < -0.39 is 43.1 Å². The van der Waals surface area contributed by atoms with E-state index in [0.29, 0.717) is 0 Å². The van der Waals surface area contributed by atoms with Crippen LogP contribution in [0, 0.1) is 11.8 Å². The first-order valence-corrected chi connectivity index (χ1v) is 8.92. The lowest BCUT2D eigenvalue weighted by molar-refractivity contribution is -0.280. The van der Waals surface area contributed by atoms with E-state index in [1.54, 1.807) is 6.92 Å². The Morgan fingerprint density at radius 2 is 1.12 bits per heavy atom. The van der Waals surface area contributed by atoms with Crippen molar-refractivity contribution in [3.63, 3.8) is 0 Å². The second kappa shape index (κ2) is 10.8. The monoisotopic (exact) mass is 382 g/mol. The summed E-state index contributed by atoms with van der Waals surface area (Å²) < 4.78 is 20.4. The van der Waals surface area contributed by atoms with Crippen molar-refractivity contribution >= 4 is 0 Å². The largest absolute Gasteiger partial charge is 0.394 e. The SMILES string of the molecule is CCC1OC(OC)C(O)C(O)C1C.COC1OC(CO)C(C)C(O)C1O. The van der Waals surface area contributed by atoms with Crippen LogP contribution in [0.15, 0.2) is 0 Å². The van der Waals surface area contributed by atoms with Crippen LogP contribution < -0.4 is 0 Å². The number of methoxy groups -OCH3 is 2. The van der Waals surface area contributed by atoms with Gasteiger partial charge in [-0.15, -0.1) is 0 Å². The summed E-state index contributed by atoms with van der Waals surface area (Å²) >= 11 is 0. The molecule has 0 aromatic carbocycles. The zero-order chi connectivity index (χ0) is 20.0. The molecule has 0 saturated carbocycles. The van der Waals surface area contributed by atoms with Gasteiger partial charge in [0.05, 0.1) is 31.0 Å². The average Bonchev–Trinajstić information content (AvgIpc) is 2.65. The lowest BCUT2D eigenvalue weighted by Crippen LogP contribution is -2.55. The van der Waals surface area contributed by atoms with Crippen LogP contribution in [0.5, 0.6) is 0 Å². The first-order chi connectivity index (χ1) is 12.2.